The van der Waals surface area contributed by atoms with Gasteiger partial charge in [0.25, 0.3) is 5.91 Å². The Bertz CT molecular complexity index is 773. The van der Waals surface area contributed by atoms with Crippen molar-refractivity contribution < 1.29 is 14.3 Å². The zero-order valence-electron chi connectivity index (χ0n) is 14.7. The van der Waals surface area contributed by atoms with Gasteiger partial charge in [0, 0.05) is 5.02 Å². The van der Waals surface area contributed by atoms with Gasteiger partial charge in [0.05, 0.1) is 12.8 Å². The maximum Gasteiger partial charge on any atom is 0.331 e. The lowest BCUT2D eigenvalue weighted by atomic mass is 9.96. The van der Waals surface area contributed by atoms with Crippen LogP contribution in [0, 0.1) is 6.92 Å². The predicted octanol–water partition coefficient (Wildman–Crippen LogP) is 2.69. The first-order valence-corrected chi connectivity index (χ1v) is 8.29. The molecule has 2 aromatic rings. The number of aromatic nitrogens is 3. The van der Waals surface area contributed by atoms with Crippen molar-refractivity contribution in [2.45, 2.75) is 39.2 Å². The van der Waals surface area contributed by atoms with Crippen LogP contribution in [0.25, 0.3) is 5.69 Å². The van der Waals surface area contributed by atoms with Gasteiger partial charge in [-0.15, -0.1) is 5.10 Å². The largest absolute Gasteiger partial charge is 0.467 e. The molecule has 1 aromatic carbocycles. The van der Waals surface area contributed by atoms with Crippen LogP contribution >= 0.6 is 11.6 Å². The molecule has 0 aliphatic carbocycles. The second-order valence-electron chi connectivity index (χ2n) is 5.90. The summed E-state index contributed by atoms with van der Waals surface area (Å²) < 4.78 is 6.34. The molecule has 134 valence electrons. The Morgan fingerprint density at radius 1 is 1.32 bits per heavy atom. The Kier molecular flexibility index (Phi) is 5.79. The van der Waals surface area contributed by atoms with E-state index >= 15 is 0 Å². The zero-order valence-corrected chi connectivity index (χ0v) is 15.4. The lowest BCUT2D eigenvalue weighted by molar-refractivity contribution is -0.147. The maximum absolute atomic E-state index is 12.5. The minimum absolute atomic E-state index is 0.0151. The second kappa shape index (κ2) is 7.65. The number of carbonyl (C=O) groups excluding carboxylic acids is 2. The molecule has 1 heterocycles. The quantitative estimate of drug-likeness (QED) is 0.796. The highest BCUT2D eigenvalue weighted by molar-refractivity contribution is 6.30. The number of carbonyl (C=O) groups is 2. The normalized spacial score (nSPS) is 13.2. The fourth-order valence-electron chi connectivity index (χ4n) is 2.56. The van der Waals surface area contributed by atoms with Crippen molar-refractivity contribution in [3.8, 4) is 5.69 Å². The van der Waals surface area contributed by atoms with Crippen LogP contribution in [0.1, 0.15) is 43.1 Å². The van der Waals surface area contributed by atoms with E-state index in [9.17, 15) is 9.59 Å². The number of hydrogen-bond acceptors (Lipinski definition) is 5. The molecule has 1 amide bonds. The third-order valence-electron chi connectivity index (χ3n) is 3.82. The highest BCUT2D eigenvalue weighted by Crippen LogP contribution is 2.17. The molecule has 0 aliphatic rings. The van der Waals surface area contributed by atoms with Crippen LogP contribution < -0.4 is 5.32 Å². The minimum Gasteiger partial charge on any atom is -0.467 e. The number of amides is 1. The van der Waals surface area contributed by atoms with Gasteiger partial charge in [-0.1, -0.05) is 24.9 Å². The molecule has 8 heteroatoms. The molecule has 1 unspecified atom stereocenters. The molecule has 7 nitrogen and oxygen atoms in total. The third-order valence-corrected chi connectivity index (χ3v) is 4.07. The summed E-state index contributed by atoms with van der Waals surface area (Å²) in [4.78, 5) is 28.7. The smallest absolute Gasteiger partial charge is 0.331 e. The minimum atomic E-state index is -1.12. The second-order valence-corrected chi connectivity index (χ2v) is 6.34. The number of ether oxygens (including phenoxy) is 1. The van der Waals surface area contributed by atoms with Crippen LogP contribution in [0.5, 0.6) is 0 Å². The molecule has 1 N–H and O–H groups in total. The van der Waals surface area contributed by atoms with E-state index < -0.39 is 17.4 Å². The molecule has 25 heavy (non-hydrogen) atoms. The molecular weight excluding hydrogens is 344 g/mol. The number of esters is 1. The Balaban J connectivity index is 2.27. The van der Waals surface area contributed by atoms with Gasteiger partial charge in [-0.3, -0.25) is 4.79 Å². The van der Waals surface area contributed by atoms with Gasteiger partial charge in [-0.2, -0.15) is 0 Å². The SMILES string of the molecule is CCCC(C)(NC(=O)c1nc(C)n(-c2ccc(Cl)cc2)n1)C(=O)OC. The molecule has 1 atom stereocenters. The summed E-state index contributed by atoms with van der Waals surface area (Å²) in [5, 5.41) is 7.53. The first kappa shape index (κ1) is 18.9. The van der Waals surface area contributed by atoms with Crippen molar-refractivity contribution in [3.05, 3.63) is 40.9 Å². The van der Waals surface area contributed by atoms with Crippen LogP contribution in [-0.4, -0.2) is 39.3 Å². The number of nitrogens with zero attached hydrogens (tertiary/aromatic N) is 3. The van der Waals surface area contributed by atoms with Gasteiger partial charge < -0.3 is 10.1 Å². The molecule has 0 spiro atoms. The van der Waals surface area contributed by atoms with Crippen molar-refractivity contribution in [1.29, 1.82) is 0 Å². The Morgan fingerprint density at radius 3 is 2.52 bits per heavy atom. The van der Waals surface area contributed by atoms with E-state index in [-0.39, 0.29) is 5.82 Å². The van der Waals surface area contributed by atoms with E-state index in [4.69, 9.17) is 16.3 Å². The predicted molar refractivity (Wildman–Crippen MR) is 93.9 cm³/mol. The molecule has 0 fully saturated rings. The molecule has 0 saturated heterocycles. The Morgan fingerprint density at radius 2 is 1.96 bits per heavy atom. The summed E-state index contributed by atoms with van der Waals surface area (Å²) >= 11 is 5.89. The van der Waals surface area contributed by atoms with Crippen LogP contribution in [0.2, 0.25) is 5.02 Å². The van der Waals surface area contributed by atoms with Crippen LogP contribution in [0.15, 0.2) is 24.3 Å². The summed E-state index contributed by atoms with van der Waals surface area (Å²) in [5.41, 5.74) is -0.391. The van der Waals surface area contributed by atoms with E-state index in [1.165, 1.54) is 7.11 Å². The van der Waals surface area contributed by atoms with Crippen molar-refractivity contribution in [2.24, 2.45) is 0 Å². The van der Waals surface area contributed by atoms with E-state index in [1.54, 1.807) is 42.8 Å². The molecule has 0 saturated carbocycles. The highest BCUT2D eigenvalue weighted by Gasteiger charge is 2.36. The lowest BCUT2D eigenvalue weighted by Crippen LogP contribution is -2.53. The number of hydrogen-bond donors (Lipinski definition) is 1. The van der Waals surface area contributed by atoms with Crippen LogP contribution in [0.3, 0.4) is 0 Å². The zero-order chi connectivity index (χ0) is 18.6. The summed E-state index contributed by atoms with van der Waals surface area (Å²) in [6.45, 7) is 5.29. The van der Waals surface area contributed by atoms with Gasteiger partial charge >= 0.3 is 5.97 Å². The monoisotopic (exact) mass is 364 g/mol. The highest BCUT2D eigenvalue weighted by atomic mass is 35.5. The van der Waals surface area contributed by atoms with Crippen molar-refractivity contribution in [3.63, 3.8) is 0 Å². The van der Waals surface area contributed by atoms with Crippen LogP contribution in [0.4, 0.5) is 0 Å². The molecule has 0 bridgehead atoms. The standard InChI is InChI=1S/C17H21ClN4O3/c1-5-10-17(3,16(24)25-4)20-15(23)14-19-11(2)22(21-14)13-8-6-12(18)7-9-13/h6-9H,5,10H2,1-4H3,(H,20,23). The maximum atomic E-state index is 12.5. The summed E-state index contributed by atoms with van der Waals surface area (Å²) in [6, 6.07) is 7.02. The van der Waals surface area contributed by atoms with Gasteiger partial charge in [0.15, 0.2) is 0 Å². The lowest BCUT2D eigenvalue weighted by Gasteiger charge is -2.26. The average Bonchev–Trinajstić information content (AvgIpc) is 2.97. The average molecular weight is 365 g/mol. The van der Waals surface area contributed by atoms with Gasteiger partial charge in [0.2, 0.25) is 5.82 Å². The van der Waals surface area contributed by atoms with Crippen molar-refractivity contribution in [1.82, 2.24) is 20.1 Å². The Labute approximate surface area is 151 Å². The van der Waals surface area contributed by atoms with E-state index in [0.29, 0.717) is 23.7 Å². The molecule has 2 rings (SSSR count). The third kappa shape index (κ3) is 4.17. The topological polar surface area (TPSA) is 86.1 Å². The Hall–Kier alpha value is -2.41. The molecule has 0 radical (unpaired) electrons. The fraction of sp³-hybridized carbons (Fsp3) is 0.412. The summed E-state index contributed by atoms with van der Waals surface area (Å²) in [6.07, 6.45) is 1.15. The van der Waals surface area contributed by atoms with Crippen LogP contribution in [-0.2, 0) is 9.53 Å². The van der Waals surface area contributed by atoms with E-state index in [2.05, 4.69) is 15.4 Å². The number of benzene rings is 1. The molecule has 0 aliphatic heterocycles. The molecule has 1 aromatic heterocycles. The van der Waals surface area contributed by atoms with Gasteiger partial charge in [-0.05, 0) is 44.5 Å². The number of rotatable bonds is 6. The van der Waals surface area contributed by atoms with Crippen molar-refractivity contribution in [2.75, 3.05) is 7.11 Å². The first-order chi connectivity index (χ1) is 11.8. The summed E-state index contributed by atoms with van der Waals surface area (Å²) in [7, 11) is 1.29. The summed E-state index contributed by atoms with van der Waals surface area (Å²) in [5.74, 6) is -0.505. The molecular formula is C17H21ClN4O3. The number of methoxy groups -OCH3 is 1. The number of halogens is 1. The van der Waals surface area contributed by atoms with Crippen molar-refractivity contribution >= 4 is 23.5 Å². The van der Waals surface area contributed by atoms with Gasteiger partial charge in [0.1, 0.15) is 11.4 Å². The van der Waals surface area contributed by atoms with E-state index in [0.717, 1.165) is 5.69 Å². The number of nitrogens with one attached hydrogen (secondary N) is 1. The first-order valence-electron chi connectivity index (χ1n) is 7.91. The van der Waals surface area contributed by atoms with E-state index in [1.807, 2.05) is 6.92 Å². The fourth-order valence-corrected chi connectivity index (χ4v) is 2.69. The van der Waals surface area contributed by atoms with Gasteiger partial charge in [-0.25, -0.2) is 14.5 Å². The number of aryl methyl sites for hydroxylation is 1.